The molecule has 0 aliphatic carbocycles. The minimum atomic E-state index is -1.27. The maximum atomic E-state index is 15.4. The number of aromatic nitrogens is 4. The zero-order valence-corrected chi connectivity index (χ0v) is 28.2. The van der Waals surface area contributed by atoms with E-state index in [0.29, 0.717) is 24.2 Å². The Bertz CT molecular complexity index is 1590. The summed E-state index contributed by atoms with van der Waals surface area (Å²) in [5.74, 6) is -2.12. The molecule has 0 amide bonds. The SMILES string of the molecule is CC(C)n1nccc1-c1cn(COCC[Si](C)(C)C)c2nccc(Oc3c(F)cc(NC(=S)NCC(C)(C)CO)cc3F)c12. The fourth-order valence-electron chi connectivity index (χ4n) is 4.43. The van der Waals surface area contributed by atoms with Gasteiger partial charge in [0.25, 0.3) is 0 Å². The fraction of sp³-hybridized carbons (Fsp3) is 0.452. The first kappa shape index (κ1) is 33.5. The number of rotatable bonds is 13. The van der Waals surface area contributed by atoms with Crippen LogP contribution in [0.5, 0.6) is 11.5 Å². The third-order valence-corrected chi connectivity index (χ3v) is 8.96. The van der Waals surface area contributed by atoms with Crippen molar-refractivity contribution in [2.45, 2.75) is 66.2 Å². The molecule has 1 aromatic carbocycles. The molecule has 0 fully saturated rings. The Morgan fingerprint density at radius 3 is 2.48 bits per heavy atom. The predicted octanol–water partition coefficient (Wildman–Crippen LogP) is 7.17. The van der Waals surface area contributed by atoms with E-state index < -0.39 is 30.9 Å². The van der Waals surface area contributed by atoms with Crippen LogP contribution in [0.4, 0.5) is 14.5 Å². The molecule has 238 valence electrons. The second-order valence-corrected chi connectivity index (χ2v) is 19.2. The Hall–Kier alpha value is -3.39. The zero-order chi connectivity index (χ0) is 32.2. The highest BCUT2D eigenvalue weighted by molar-refractivity contribution is 7.80. The van der Waals surface area contributed by atoms with Crippen LogP contribution in [0.15, 0.2) is 42.9 Å². The molecule has 0 radical (unpaired) electrons. The topological polar surface area (TPSA) is 98.4 Å². The zero-order valence-electron chi connectivity index (χ0n) is 26.4. The standard InChI is InChI=1S/C31H42F2N6O3SSi/c1-20(2)39-25(8-11-36-39)22-16-38(19-41-12-13-44(5,6)7)29-27(22)26(9-10-34-29)42-28-23(32)14-21(15-24(28)33)37-30(43)35-17-31(3,4)18-40/h8-11,14-16,20,40H,12-13,17-19H2,1-7H3,(H2,35,37,43). The van der Waals surface area contributed by atoms with Gasteiger partial charge in [-0.3, -0.25) is 4.68 Å². The van der Waals surface area contributed by atoms with Crippen LogP contribution < -0.4 is 15.4 Å². The molecule has 0 atom stereocenters. The number of halogens is 2. The van der Waals surface area contributed by atoms with Crippen LogP contribution in [0.2, 0.25) is 25.7 Å². The summed E-state index contributed by atoms with van der Waals surface area (Å²) in [5, 5.41) is 20.4. The van der Waals surface area contributed by atoms with Gasteiger partial charge in [0.05, 0.1) is 11.1 Å². The average molecular weight is 645 g/mol. The molecule has 0 saturated heterocycles. The molecule has 0 unspecified atom stereocenters. The molecule has 0 aliphatic rings. The number of nitrogens with one attached hydrogen (secondary N) is 2. The van der Waals surface area contributed by atoms with Crippen molar-refractivity contribution in [3.05, 3.63) is 54.5 Å². The van der Waals surface area contributed by atoms with Gasteiger partial charge < -0.3 is 29.8 Å². The maximum absolute atomic E-state index is 15.4. The molecular weight excluding hydrogens is 603 g/mol. The van der Waals surface area contributed by atoms with E-state index in [2.05, 4.69) is 40.4 Å². The fourth-order valence-corrected chi connectivity index (χ4v) is 5.38. The Morgan fingerprint density at radius 2 is 1.84 bits per heavy atom. The lowest BCUT2D eigenvalue weighted by Gasteiger charge is -2.23. The molecule has 0 bridgehead atoms. The van der Waals surface area contributed by atoms with Gasteiger partial charge in [-0.05, 0) is 44.2 Å². The number of pyridine rings is 1. The summed E-state index contributed by atoms with van der Waals surface area (Å²) in [6.07, 6.45) is 5.18. The molecule has 0 aliphatic heterocycles. The van der Waals surface area contributed by atoms with Crippen LogP contribution in [0.25, 0.3) is 22.3 Å². The number of aliphatic hydroxyl groups excluding tert-OH is 1. The van der Waals surface area contributed by atoms with Gasteiger partial charge in [0.2, 0.25) is 0 Å². The molecule has 0 spiro atoms. The minimum absolute atomic E-state index is 0.0449. The van der Waals surface area contributed by atoms with E-state index in [1.807, 2.05) is 49.2 Å². The van der Waals surface area contributed by atoms with Crippen molar-refractivity contribution in [2.24, 2.45) is 5.41 Å². The lowest BCUT2D eigenvalue weighted by Crippen LogP contribution is -2.38. The first-order valence-corrected chi connectivity index (χ1v) is 18.7. The van der Waals surface area contributed by atoms with E-state index in [4.69, 9.17) is 21.7 Å². The molecule has 0 saturated carbocycles. The highest BCUT2D eigenvalue weighted by atomic mass is 32.1. The Kier molecular flexibility index (Phi) is 10.4. The number of hydrogen-bond donors (Lipinski definition) is 3. The molecular formula is C31H42F2N6O3SSi. The van der Waals surface area contributed by atoms with Crippen LogP contribution >= 0.6 is 12.2 Å². The van der Waals surface area contributed by atoms with Gasteiger partial charge >= 0.3 is 0 Å². The Balaban J connectivity index is 1.67. The van der Waals surface area contributed by atoms with Crippen molar-refractivity contribution in [2.75, 3.05) is 25.1 Å². The molecule has 4 aromatic rings. The number of thiocarbonyl (C=S) groups is 1. The summed E-state index contributed by atoms with van der Waals surface area (Å²) in [6, 6.07) is 6.81. The van der Waals surface area contributed by atoms with Crippen LogP contribution in [0, 0.1) is 17.0 Å². The van der Waals surface area contributed by atoms with Crippen LogP contribution in [-0.4, -0.2) is 57.4 Å². The molecule has 9 nitrogen and oxygen atoms in total. The highest BCUT2D eigenvalue weighted by Crippen LogP contribution is 2.40. The van der Waals surface area contributed by atoms with Gasteiger partial charge in [-0.1, -0.05) is 33.5 Å². The van der Waals surface area contributed by atoms with Crippen LogP contribution in [0.1, 0.15) is 33.7 Å². The van der Waals surface area contributed by atoms with Gasteiger partial charge in [-0.2, -0.15) is 5.10 Å². The van der Waals surface area contributed by atoms with Gasteiger partial charge in [0, 0.05) is 81.3 Å². The largest absolute Gasteiger partial charge is 0.450 e. The van der Waals surface area contributed by atoms with Crippen molar-refractivity contribution >= 4 is 42.1 Å². The predicted molar refractivity (Wildman–Crippen MR) is 177 cm³/mol. The quantitative estimate of drug-likeness (QED) is 0.0801. The lowest BCUT2D eigenvalue weighted by atomic mass is 9.95. The van der Waals surface area contributed by atoms with Crippen LogP contribution in [0.3, 0.4) is 0 Å². The van der Waals surface area contributed by atoms with Gasteiger partial charge in [0.15, 0.2) is 22.5 Å². The summed E-state index contributed by atoms with van der Waals surface area (Å²) in [7, 11) is -1.27. The number of nitrogens with zero attached hydrogens (tertiary/aromatic N) is 4. The lowest BCUT2D eigenvalue weighted by molar-refractivity contribution is 0.0899. The molecule has 44 heavy (non-hydrogen) atoms. The smallest absolute Gasteiger partial charge is 0.198 e. The molecule has 3 aromatic heterocycles. The summed E-state index contributed by atoms with van der Waals surface area (Å²) in [4.78, 5) is 4.60. The monoisotopic (exact) mass is 644 g/mol. The Labute approximate surface area is 263 Å². The summed E-state index contributed by atoms with van der Waals surface area (Å²) >= 11 is 5.26. The number of fused-ring (bicyclic) bond motifs is 1. The molecule has 3 heterocycles. The van der Waals surface area contributed by atoms with Crippen molar-refractivity contribution in [3.63, 3.8) is 0 Å². The first-order chi connectivity index (χ1) is 20.7. The number of benzene rings is 1. The van der Waals surface area contributed by atoms with Gasteiger partial charge in [-0.25, -0.2) is 13.8 Å². The van der Waals surface area contributed by atoms with Gasteiger partial charge in [-0.15, -0.1) is 0 Å². The normalized spacial score (nSPS) is 12.2. The number of ether oxygens (including phenoxy) is 2. The van der Waals surface area contributed by atoms with E-state index in [1.165, 1.54) is 0 Å². The second-order valence-electron chi connectivity index (χ2n) is 13.1. The van der Waals surface area contributed by atoms with E-state index in [1.54, 1.807) is 18.5 Å². The maximum Gasteiger partial charge on any atom is 0.198 e. The third-order valence-electron chi connectivity index (χ3n) is 7.00. The summed E-state index contributed by atoms with van der Waals surface area (Å²) in [5.41, 5.74) is 1.83. The minimum Gasteiger partial charge on any atom is -0.450 e. The van der Waals surface area contributed by atoms with Crippen molar-refractivity contribution in [1.29, 1.82) is 0 Å². The number of hydrogen-bond acceptors (Lipinski definition) is 6. The van der Waals surface area contributed by atoms with E-state index in [0.717, 1.165) is 29.4 Å². The molecule has 4 rings (SSSR count). The molecule has 13 heteroatoms. The highest BCUT2D eigenvalue weighted by Gasteiger charge is 2.23. The van der Waals surface area contributed by atoms with E-state index >= 15 is 8.78 Å². The third kappa shape index (κ3) is 8.20. The average Bonchev–Trinajstić information content (AvgIpc) is 3.57. The molecule has 3 N–H and O–H groups in total. The van der Waals surface area contributed by atoms with Gasteiger partial charge in [0.1, 0.15) is 18.1 Å². The van der Waals surface area contributed by atoms with Crippen molar-refractivity contribution in [3.8, 4) is 22.8 Å². The second kappa shape index (κ2) is 13.7. The number of aliphatic hydroxyl groups is 1. The van der Waals surface area contributed by atoms with E-state index in [9.17, 15) is 5.11 Å². The number of anilines is 1. The van der Waals surface area contributed by atoms with Crippen molar-refractivity contribution in [1.82, 2.24) is 24.6 Å². The van der Waals surface area contributed by atoms with E-state index in [-0.39, 0.29) is 35.9 Å². The van der Waals surface area contributed by atoms with Crippen LogP contribution in [-0.2, 0) is 11.5 Å². The first-order valence-electron chi connectivity index (χ1n) is 14.6. The summed E-state index contributed by atoms with van der Waals surface area (Å²) in [6.45, 7) is 15.9. The van der Waals surface area contributed by atoms with Crippen molar-refractivity contribution < 1.29 is 23.4 Å². The Morgan fingerprint density at radius 1 is 1.14 bits per heavy atom. The summed E-state index contributed by atoms with van der Waals surface area (Å²) < 4.78 is 46.5.